The van der Waals surface area contributed by atoms with Gasteiger partial charge < -0.3 is 0 Å². The molecule has 0 fully saturated rings. The van der Waals surface area contributed by atoms with E-state index in [1.807, 2.05) is 48.5 Å². The molecule has 0 saturated heterocycles. The number of hydrogen-bond donors (Lipinski definition) is 0. The zero-order valence-electron chi connectivity index (χ0n) is 27.6. The minimum Gasteiger partial charge on any atom is -0.295 e. The van der Waals surface area contributed by atoms with Crippen LogP contribution in [-0.2, 0) is 14.1 Å². The summed E-state index contributed by atoms with van der Waals surface area (Å²) in [6, 6.07) is 52.3. The molecule has 0 aliphatic rings. The van der Waals surface area contributed by atoms with Crippen molar-refractivity contribution in [2.75, 3.05) is 0 Å². The fraction of sp³-hybridized carbons (Fsp3) is 0.0455. The summed E-state index contributed by atoms with van der Waals surface area (Å²) < 4.78 is 3.35. The molecule has 7 aromatic carbocycles. The summed E-state index contributed by atoms with van der Waals surface area (Å²) in [6.07, 6.45) is 0. The lowest BCUT2D eigenvalue weighted by Gasteiger charge is -2.12. The quantitative estimate of drug-likeness (QED) is 0.175. The molecular formula is C44H31N5O. The van der Waals surface area contributed by atoms with Gasteiger partial charge in [0.25, 0.3) is 0 Å². The third-order valence-corrected chi connectivity index (χ3v) is 9.64. The molecule has 6 nitrogen and oxygen atoms in total. The van der Waals surface area contributed by atoms with Gasteiger partial charge in [-0.3, -0.25) is 9.13 Å². The van der Waals surface area contributed by atoms with Crippen LogP contribution >= 0.6 is 0 Å². The summed E-state index contributed by atoms with van der Waals surface area (Å²) in [6.45, 7) is 0. The second-order valence-electron chi connectivity index (χ2n) is 12.6. The van der Waals surface area contributed by atoms with Crippen LogP contribution in [0, 0.1) is 0 Å². The lowest BCUT2D eigenvalue weighted by Crippen LogP contribution is -2.19. The van der Waals surface area contributed by atoms with E-state index in [9.17, 15) is 4.79 Å². The Morgan fingerprint density at radius 2 is 0.880 bits per heavy atom. The van der Waals surface area contributed by atoms with E-state index in [0.29, 0.717) is 17.5 Å². The van der Waals surface area contributed by atoms with Crippen LogP contribution in [0.15, 0.2) is 156 Å². The number of aryl methyl sites for hydroxylation is 2. The third-order valence-electron chi connectivity index (χ3n) is 9.64. The summed E-state index contributed by atoms with van der Waals surface area (Å²) in [5, 5.41) is 4.95. The Bertz CT molecular complexity index is 2780. The fourth-order valence-electron chi connectivity index (χ4n) is 6.94. The molecule has 0 N–H and O–H groups in total. The van der Waals surface area contributed by atoms with Gasteiger partial charge in [-0.2, -0.15) is 0 Å². The average Bonchev–Trinajstić information content (AvgIpc) is 3.40. The second-order valence-corrected chi connectivity index (χ2v) is 12.6. The molecule has 2 heterocycles. The number of rotatable bonds is 5. The maximum atomic E-state index is 12.5. The van der Waals surface area contributed by atoms with Gasteiger partial charge in [0, 0.05) is 30.8 Å². The second kappa shape index (κ2) is 11.8. The minimum absolute atomic E-state index is 0.0378. The highest BCUT2D eigenvalue weighted by molar-refractivity contribution is 6.13. The van der Waals surface area contributed by atoms with Gasteiger partial charge in [0.1, 0.15) is 0 Å². The molecule has 50 heavy (non-hydrogen) atoms. The number of hydrogen-bond acceptors (Lipinski definition) is 4. The van der Waals surface area contributed by atoms with E-state index < -0.39 is 0 Å². The molecule has 0 radical (unpaired) electrons. The van der Waals surface area contributed by atoms with E-state index >= 15 is 0 Å². The summed E-state index contributed by atoms with van der Waals surface area (Å²) in [5.41, 5.74) is 8.90. The SMILES string of the molecule is Cn1c(=O)n(C)c2cc(-c3ccc(-c4nc(-c5ccccc5)nc(-c5ccc(-c6cc7ccccc7c7ccccc67)cc5)n4)cc3)ccc21. The Hall–Kier alpha value is -6.66. The van der Waals surface area contributed by atoms with Crippen molar-refractivity contribution < 1.29 is 0 Å². The zero-order valence-corrected chi connectivity index (χ0v) is 27.6. The van der Waals surface area contributed by atoms with Gasteiger partial charge in [-0.15, -0.1) is 0 Å². The Morgan fingerprint density at radius 1 is 0.400 bits per heavy atom. The molecule has 0 atom stereocenters. The van der Waals surface area contributed by atoms with E-state index in [0.717, 1.165) is 44.4 Å². The first-order valence-corrected chi connectivity index (χ1v) is 16.6. The van der Waals surface area contributed by atoms with Crippen LogP contribution in [0.4, 0.5) is 0 Å². The Balaban J connectivity index is 1.11. The highest BCUT2D eigenvalue weighted by Gasteiger charge is 2.15. The molecule has 0 amide bonds. The van der Waals surface area contributed by atoms with Crippen molar-refractivity contribution in [1.29, 1.82) is 0 Å². The van der Waals surface area contributed by atoms with Gasteiger partial charge in [-0.05, 0) is 62.0 Å². The lowest BCUT2D eigenvalue weighted by atomic mass is 9.93. The maximum Gasteiger partial charge on any atom is 0.328 e. The van der Waals surface area contributed by atoms with Gasteiger partial charge in [0.05, 0.1) is 11.0 Å². The number of aromatic nitrogens is 5. The zero-order chi connectivity index (χ0) is 33.8. The van der Waals surface area contributed by atoms with Gasteiger partial charge in [-0.1, -0.05) is 133 Å². The van der Waals surface area contributed by atoms with Crippen molar-refractivity contribution in [1.82, 2.24) is 24.1 Å². The number of imidazole rings is 1. The topological polar surface area (TPSA) is 65.6 Å². The standard InChI is InChI=1S/C44H31N5O/c1-48-39-25-24-33(27-40(39)49(2)44(48)50)28-16-20-31(21-17-28)42-45-41(30-10-4-3-5-11-30)46-43(47-42)32-22-18-29(19-23-32)38-26-34-12-6-7-13-35(34)36-14-8-9-15-37(36)38/h3-27H,1-2H3. The maximum absolute atomic E-state index is 12.5. The van der Waals surface area contributed by atoms with Crippen LogP contribution in [0.5, 0.6) is 0 Å². The molecular weight excluding hydrogens is 615 g/mol. The van der Waals surface area contributed by atoms with Crippen LogP contribution < -0.4 is 5.69 Å². The van der Waals surface area contributed by atoms with Crippen molar-refractivity contribution in [3.8, 4) is 56.4 Å². The first kappa shape index (κ1) is 29.5. The predicted molar refractivity (Wildman–Crippen MR) is 204 cm³/mol. The normalized spacial score (nSPS) is 11.5. The Morgan fingerprint density at radius 3 is 1.54 bits per heavy atom. The first-order chi connectivity index (χ1) is 24.5. The average molecular weight is 646 g/mol. The Labute approximate surface area is 288 Å². The van der Waals surface area contributed by atoms with E-state index in [1.54, 1.807) is 23.2 Å². The largest absolute Gasteiger partial charge is 0.328 e. The van der Waals surface area contributed by atoms with Crippen molar-refractivity contribution >= 4 is 32.6 Å². The molecule has 9 aromatic rings. The van der Waals surface area contributed by atoms with Crippen molar-refractivity contribution in [2.45, 2.75) is 0 Å². The van der Waals surface area contributed by atoms with Gasteiger partial charge in [0.2, 0.25) is 0 Å². The van der Waals surface area contributed by atoms with Gasteiger partial charge in [0.15, 0.2) is 17.5 Å². The monoisotopic (exact) mass is 645 g/mol. The summed E-state index contributed by atoms with van der Waals surface area (Å²) in [7, 11) is 3.60. The van der Waals surface area contributed by atoms with Crippen LogP contribution in [0.25, 0.3) is 89.0 Å². The van der Waals surface area contributed by atoms with Crippen LogP contribution in [0.2, 0.25) is 0 Å². The molecule has 0 bridgehead atoms. The predicted octanol–water partition coefficient (Wildman–Crippen LogP) is 9.70. The fourth-order valence-corrected chi connectivity index (χ4v) is 6.94. The highest BCUT2D eigenvalue weighted by atomic mass is 16.1. The minimum atomic E-state index is -0.0378. The van der Waals surface area contributed by atoms with Crippen LogP contribution in [0.3, 0.4) is 0 Å². The number of fused-ring (bicyclic) bond motifs is 4. The number of benzene rings is 7. The molecule has 0 spiro atoms. The Kier molecular flexibility index (Phi) is 6.95. The van der Waals surface area contributed by atoms with Crippen LogP contribution in [0.1, 0.15) is 0 Å². The van der Waals surface area contributed by atoms with Crippen molar-refractivity contribution in [3.05, 3.63) is 162 Å². The van der Waals surface area contributed by atoms with E-state index in [1.165, 1.54) is 27.1 Å². The molecule has 238 valence electrons. The molecule has 2 aromatic heterocycles. The van der Waals surface area contributed by atoms with Crippen molar-refractivity contribution in [3.63, 3.8) is 0 Å². The number of nitrogens with zero attached hydrogens (tertiary/aromatic N) is 5. The van der Waals surface area contributed by atoms with Crippen LogP contribution in [-0.4, -0.2) is 24.1 Å². The van der Waals surface area contributed by atoms with Gasteiger partial charge in [-0.25, -0.2) is 19.7 Å². The summed E-state index contributed by atoms with van der Waals surface area (Å²) in [4.78, 5) is 27.4. The smallest absolute Gasteiger partial charge is 0.295 e. The molecule has 6 heteroatoms. The van der Waals surface area contributed by atoms with E-state index in [-0.39, 0.29) is 5.69 Å². The van der Waals surface area contributed by atoms with Crippen molar-refractivity contribution in [2.24, 2.45) is 14.1 Å². The third kappa shape index (κ3) is 4.97. The van der Waals surface area contributed by atoms with E-state index in [4.69, 9.17) is 15.0 Å². The summed E-state index contributed by atoms with van der Waals surface area (Å²) >= 11 is 0. The summed E-state index contributed by atoms with van der Waals surface area (Å²) in [5.74, 6) is 1.84. The molecule has 0 aliphatic heterocycles. The van der Waals surface area contributed by atoms with E-state index in [2.05, 4.69) is 103 Å². The molecule has 0 saturated carbocycles. The van der Waals surface area contributed by atoms with Gasteiger partial charge >= 0.3 is 5.69 Å². The molecule has 9 rings (SSSR count). The molecule has 0 aliphatic carbocycles. The molecule has 0 unspecified atom stereocenters. The lowest BCUT2D eigenvalue weighted by molar-refractivity contribution is 0.795. The highest BCUT2D eigenvalue weighted by Crippen LogP contribution is 2.36. The first-order valence-electron chi connectivity index (χ1n) is 16.6.